The second-order valence-electron chi connectivity index (χ2n) is 4.36. The minimum atomic E-state index is -0.0348. The molecule has 0 atom stereocenters. The molecule has 0 aliphatic heterocycles. The smallest absolute Gasteiger partial charge is 0.186 e. The number of allylic oxidation sites excluding steroid dienone is 1. The highest BCUT2D eigenvalue weighted by Gasteiger charge is 2.06. The maximum Gasteiger partial charge on any atom is 0.186 e. The number of rotatable bonds is 3. The molecular weight excluding hydrogens is 248 g/mol. The number of nitrogens with zero attached hydrogens (tertiary/aromatic N) is 2. The van der Waals surface area contributed by atoms with Crippen molar-refractivity contribution in [1.29, 1.82) is 0 Å². The van der Waals surface area contributed by atoms with Gasteiger partial charge in [0.1, 0.15) is 0 Å². The Morgan fingerprint density at radius 2 is 1.90 bits per heavy atom. The molecule has 0 aliphatic rings. The van der Waals surface area contributed by atoms with E-state index in [-0.39, 0.29) is 5.78 Å². The molecule has 3 rings (SSSR count). The monoisotopic (exact) mass is 260 g/mol. The zero-order chi connectivity index (χ0) is 13.8. The lowest BCUT2D eigenvalue weighted by Crippen LogP contribution is -1.96. The maximum absolute atomic E-state index is 12.3. The van der Waals surface area contributed by atoms with Crippen LogP contribution >= 0.6 is 0 Å². The van der Waals surface area contributed by atoms with Crippen LogP contribution in [0.1, 0.15) is 15.9 Å². The lowest BCUT2D eigenvalue weighted by molar-refractivity contribution is 0.104. The van der Waals surface area contributed by atoms with Crippen LogP contribution in [0.25, 0.3) is 17.0 Å². The molecule has 0 radical (unpaired) electrons. The second kappa shape index (κ2) is 5.45. The molecule has 0 fully saturated rings. The predicted molar refractivity (Wildman–Crippen MR) is 79.3 cm³/mol. The minimum absolute atomic E-state index is 0.0348. The van der Waals surface area contributed by atoms with Crippen LogP contribution in [0.3, 0.4) is 0 Å². The van der Waals surface area contributed by atoms with Crippen LogP contribution in [0, 0.1) is 0 Å². The average molecular weight is 260 g/mol. The third-order valence-electron chi connectivity index (χ3n) is 3.03. The molecule has 3 nitrogen and oxygen atoms in total. The van der Waals surface area contributed by atoms with Gasteiger partial charge in [-0.3, -0.25) is 14.8 Å². The van der Waals surface area contributed by atoms with E-state index in [1.807, 2.05) is 36.4 Å². The molecule has 2 aromatic heterocycles. The van der Waals surface area contributed by atoms with Crippen LogP contribution in [-0.2, 0) is 0 Å². The van der Waals surface area contributed by atoms with Gasteiger partial charge in [0, 0.05) is 29.5 Å². The molecule has 0 aliphatic carbocycles. The van der Waals surface area contributed by atoms with E-state index in [0.29, 0.717) is 5.56 Å². The van der Waals surface area contributed by atoms with Gasteiger partial charge in [0.2, 0.25) is 0 Å². The van der Waals surface area contributed by atoms with Gasteiger partial charge < -0.3 is 0 Å². The van der Waals surface area contributed by atoms with E-state index < -0.39 is 0 Å². The highest BCUT2D eigenvalue weighted by Crippen LogP contribution is 2.17. The van der Waals surface area contributed by atoms with Crippen molar-refractivity contribution < 1.29 is 4.79 Å². The van der Waals surface area contributed by atoms with E-state index >= 15 is 0 Å². The van der Waals surface area contributed by atoms with Gasteiger partial charge in [-0.25, -0.2) is 0 Å². The van der Waals surface area contributed by atoms with Gasteiger partial charge in [0.05, 0.1) is 5.52 Å². The third-order valence-corrected chi connectivity index (χ3v) is 3.03. The maximum atomic E-state index is 12.3. The highest BCUT2D eigenvalue weighted by atomic mass is 16.1. The fourth-order valence-electron chi connectivity index (χ4n) is 2.05. The summed E-state index contributed by atoms with van der Waals surface area (Å²) in [5.74, 6) is -0.0348. The fraction of sp³-hybridized carbons (Fsp3) is 0. The van der Waals surface area contributed by atoms with Crippen molar-refractivity contribution in [3.63, 3.8) is 0 Å². The van der Waals surface area contributed by atoms with Crippen molar-refractivity contribution in [3.05, 3.63) is 78.3 Å². The van der Waals surface area contributed by atoms with E-state index in [2.05, 4.69) is 9.97 Å². The normalized spacial score (nSPS) is 11.0. The highest BCUT2D eigenvalue weighted by molar-refractivity contribution is 6.14. The Morgan fingerprint density at radius 1 is 1.00 bits per heavy atom. The van der Waals surface area contributed by atoms with Crippen LogP contribution in [-0.4, -0.2) is 15.8 Å². The first kappa shape index (κ1) is 12.2. The number of para-hydroxylation sites is 1. The van der Waals surface area contributed by atoms with Crippen molar-refractivity contribution in [3.8, 4) is 0 Å². The first-order valence-electron chi connectivity index (χ1n) is 6.31. The van der Waals surface area contributed by atoms with Gasteiger partial charge in [-0.1, -0.05) is 24.3 Å². The minimum Gasteiger partial charge on any atom is -0.289 e. The summed E-state index contributed by atoms with van der Waals surface area (Å²) in [5, 5.41) is 0.871. The topological polar surface area (TPSA) is 42.9 Å². The number of benzene rings is 1. The number of ketones is 1. The van der Waals surface area contributed by atoms with E-state index in [0.717, 1.165) is 16.5 Å². The Bertz CT molecular complexity index is 774. The summed E-state index contributed by atoms with van der Waals surface area (Å²) >= 11 is 0. The summed E-state index contributed by atoms with van der Waals surface area (Å²) in [6, 6.07) is 13.1. The molecule has 0 unspecified atom stereocenters. The van der Waals surface area contributed by atoms with Gasteiger partial charge in [-0.2, -0.15) is 0 Å². The summed E-state index contributed by atoms with van der Waals surface area (Å²) in [6.45, 7) is 0. The SMILES string of the molecule is O=C(C=Cc1cccnc1)c1ccnc2ccccc12. The number of hydrogen-bond donors (Lipinski definition) is 0. The molecule has 2 heterocycles. The molecule has 0 saturated carbocycles. The number of carbonyl (C=O) groups is 1. The molecular formula is C17H12N2O. The number of pyridine rings is 2. The molecule has 0 N–H and O–H groups in total. The van der Waals surface area contributed by atoms with Gasteiger partial charge >= 0.3 is 0 Å². The van der Waals surface area contributed by atoms with Crippen LogP contribution < -0.4 is 0 Å². The molecule has 0 bridgehead atoms. The zero-order valence-corrected chi connectivity index (χ0v) is 10.7. The number of aromatic nitrogens is 2. The lowest BCUT2D eigenvalue weighted by atomic mass is 10.0. The predicted octanol–water partition coefficient (Wildman–Crippen LogP) is 3.53. The van der Waals surface area contributed by atoms with Crippen molar-refractivity contribution in [2.75, 3.05) is 0 Å². The molecule has 0 amide bonds. The van der Waals surface area contributed by atoms with Crippen molar-refractivity contribution in [1.82, 2.24) is 9.97 Å². The molecule has 96 valence electrons. The quantitative estimate of drug-likeness (QED) is 0.534. The number of carbonyl (C=O) groups excluding carboxylic acids is 1. The molecule has 20 heavy (non-hydrogen) atoms. The van der Waals surface area contributed by atoms with Gasteiger partial charge in [0.25, 0.3) is 0 Å². The van der Waals surface area contributed by atoms with E-state index in [4.69, 9.17) is 0 Å². The summed E-state index contributed by atoms with van der Waals surface area (Å²) in [5.41, 5.74) is 2.39. The first-order chi connectivity index (χ1) is 9.84. The van der Waals surface area contributed by atoms with Crippen LogP contribution in [0.15, 0.2) is 67.1 Å². The first-order valence-corrected chi connectivity index (χ1v) is 6.31. The summed E-state index contributed by atoms with van der Waals surface area (Å²) in [6.07, 6.45) is 8.42. The Kier molecular flexibility index (Phi) is 3.33. The molecule has 3 aromatic rings. The standard InChI is InChI=1S/C17H12N2O/c20-17(8-7-13-4-3-10-18-12-13)15-9-11-19-16-6-2-1-5-14(15)16/h1-12H. The Morgan fingerprint density at radius 3 is 2.75 bits per heavy atom. The lowest BCUT2D eigenvalue weighted by Gasteiger charge is -2.01. The van der Waals surface area contributed by atoms with E-state index in [1.54, 1.807) is 36.8 Å². The Balaban J connectivity index is 1.95. The molecule has 1 aromatic carbocycles. The van der Waals surface area contributed by atoms with E-state index in [9.17, 15) is 4.79 Å². The van der Waals surface area contributed by atoms with Crippen LogP contribution in [0.2, 0.25) is 0 Å². The van der Waals surface area contributed by atoms with E-state index in [1.165, 1.54) is 0 Å². The van der Waals surface area contributed by atoms with Gasteiger partial charge in [0.15, 0.2) is 5.78 Å². The largest absolute Gasteiger partial charge is 0.289 e. The average Bonchev–Trinajstić information content (AvgIpc) is 2.53. The molecule has 0 saturated heterocycles. The number of fused-ring (bicyclic) bond motifs is 1. The van der Waals surface area contributed by atoms with Crippen LogP contribution in [0.4, 0.5) is 0 Å². The number of hydrogen-bond acceptors (Lipinski definition) is 3. The van der Waals surface area contributed by atoms with Crippen LogP contribution in [0.5, 0.6) is 0 Å². The summed E-state index contributed by atoms with van der Waals surface area (Å²) in [4.78, 5) is 20.6. The van der Waals surface area contributed by atoms with Crippen molar-refractivity contribution in [2.45, 2.75) is 0 Å². The summed E-state index contributed by atoms with van der Waals surface area (Å²) in [7, 11) is 0. The van der Waals surface area contributed by atoms with Gasteiger partial charge in [-0.05, 0) is 35.9 Å². The second-order valence-corrected chi connectivity index (χ2v) is 4.36. The Hall–Kier alpha value is -2.81. The third kappa shape index (κ3) is 2.47. The fourth-order valence-corrected chi connectivity index (χ4v) is 2.05. The zero-order valence-electron chi connectivity index (χ0n) is 10.7. The Labute approximate surface area is 116 Å². The molecule has 0 spiro atoms. The summed E-state index contributed by atoms with van der Waals surface area (Å²) < 4.78 is 0. The molecule has 3 heteroatoms. The van der Waals surface area contributed by atoms with Crippen molar-refractivity contribution >= 4 is 22.8 Å². The van der Waals surface area contributed by atoms with Gasteiger partial charge in [-0.15, -0.1) is 0 Å². The van der Waals surface area contributed by atoms with Crippen molar-refractivity contribution in [2.24, 2.45) is 0 Å².